The fourth-order valence-electron chi connectivity index (χ4n) is 3.63. The molecule has 2 heterocycles. The maximum atomic E-state index is 13.0. The summed E-state index contributed by atoms with van der Waals surface area (Å²) in [6.07, 6.45) is 1.88. The van der Waals surface area contributed by atoms with E-state index in [1.165, 1.54) is 9.71 Å². The Hall–Kier alpha value is -1.66. The standard InChI is InChI=1S/C21H23N3OS.2ClH/c1-21(22,16-7-3-2-4-8-16)20(25)24-13-11-15(12-14-24)19-23-17-9-5-6-10-18(17)26-19;;/h2-10,15H,11-14,22H2,1H3;2*1H. The van der Waals surface area contributed by atoms with E-state index in [9.17, 15) is 4.79 Å². The molecule has 0 aliphatic carbocycles. The Bertz CT molecular complexity index is 889. The van der Waals surface area contributed by atoms with Gasteiger partial charge >= 0.3 is 0 Å². The third kappa shape index (κ3) is 4.33. The minimum Gasteiger partial charge on any atom is -0.341 e. The molecule has 28 heavy (non-hydrogen) atoms. The molecule has 2 aromatic carbocycles. The molecule has 4 rings (SSSR count). The van der Waals surface area contributed by atoms with Crippen LogP contribution in [-0.4, -0.2) is 28.9 Å². The number of nitrogens with zero attached hydrogens (tertiary/aromatic N) is 2. The van der Waals surface area contributed by atoms with Crippen molar-refractivity contribution >= 4 is 52.3 Å². The van der Waals surface area contributed by atoms with Gasteiger partial charge in [-0.05, 0) is 37.5 Å². The van der Waals surface area contributed by atoms with Crippen molar-refractivity contribution in [3.8, 4) is 0 Å². The molecule has 1 aliphatic rings. The molecule has 4 nitrogen and oxygen atoms in total. The normalized spacial score (nSPS) is 16.7. The molecule has 1 aromatic heterocycles. The summed E-state index contributed by atoms with van der Waals surface area (Å²) in [5, 5.41) is 1.19. The van der Waals surface area contributed by atoms with Crippen LogP contribution in [0.5, 0.6) is 0 Å². The molecule has 1 aliphatic heterocycles. The highest BCUT2D eigenvalue weighted by atomic mass is 35.5. The zero-order valence-electron chi connectivity index (χ0n) is 15.7. The third-order valence-electron chi connectivity index (χ3n) is 5.26. The van der Waals surface area contributed by atoms with Gasteiger partial charge in [-0.25, -0.2) is 4.98 Å². The second-order valence-corrected chi connectivity index (χ2v) is 8.22. The molecule has 0 spiro atoms. The first-order valence-electron chi connectivity index (χ1n) is 9.05. The van der Waals surface area contributed by atoms with Gasteiger partial charge in [0.05, 0.1) is 15.2 Å². The maximum absolute atomic E-state index is 13.0. The van der Waals surface area contributed by atoms with Crippen molar-refractivity contribution < 1.29 is 4.79 Å². The van der Waals surface area contributed by atoms with Crippen LogP contribution in [-0.2, 0) is 10.3 Å². The number of amides is 1. The molecule has 1 amide bonds. The second-order valence-electron chi connectivity index (χ2n) is 7.15. The monoisotopic (exact) mass is 437 g/mol. The van der Waals surface area contributed by atoms with Gasteiger partial charge in [-0.1, -0.05) is 42.5 Å². The number of hydrogen-bond acceptors (Lipinski definition) is 4. The number of para-hydroxylation sites is 1. The molecule has 0 saturated carbocycles. The van der Waals surface area contributed by atoms with Crippen molar-refractivity contribution in [2.75, 3.05) is 13.1 Å². The summed E-state index contributed by atoms with van der Waals surface area (Å²) in [5.41, 5.74) is 7.36. The SMILES string of the molecule is CC(N)(C(=O)N1CCC(c2nc3ccccc3s2)CC1)c1ccccc1.Cl.Cl. The van der Waals surface area contributed by atoms with Gasteiger partial charge in [0.15, 0.2) is 0 Å². The zero-order chi connectivity index (χ0) is 18.1. The molecule has 1 saturated heterocycles. The van der Waals surface area contributed by atoms with E-state index in [-0.39, 0.29) is 30.7 Å². The van der Waals surface area contributed by atoms with Gasteiger partial charge in [0.1, 0.15) is 5.54 Å². The highest BCUT2D eigenvalue weighted by Crippen LogP contribution is 2.34. The average molecular weight is 438 g/mol. The van der Waals surface area contributed by atoms with Gasteiger partial charge in [0.25, 0.3) is 0 Å². The summed E-state index contributed by atoms with van der Waals surface area (Å²) in [4.78, 5) is 19.7. The Balaban J connectivity index is 0.00000140. The summed E-state index contributed by atoms with van der Waals surface area (Å²) >= 11 is 1.78. The number of rotatable bonds is 3. The minimum absolute atomic E-state index is 0. The quantitative estimate of drug-likeness (QED) is 0.644. The molecule has 7 heteroatoms. The number of hydrogen-bond donors (Lipinski definition) is 1. The van der Waals surface area contributed by atoms with E-state index in [1.54, 1.807) is 11.3 Å². The van der Waals surface area contributed by atoms with Gasteiger partial charge in [-0.15, -0.1) is 36.2 Å². The molecule has 3 aromatic rings. The predicted molar refractivity (Wildman–Crippen MR) is 121 cm³/mol. The second kappa shape index (κ2) is 9.23. The summed E-state index contributed by atoms with van der Waals surface area (Å²) < 4.78 is 1.24. The average Bonchev–Trinajstić information content (AvgIpc) is 3.12. The molecular weight excluding hydrogens is 413 g/mol. The van der Waals surface area contributed by atoms with Gasteiger partial charge < -0.3 is 10.6 Å². The smallest absolute Gasteiger partial charge is 0.246 e. The van der Waals surface area contributed by atoms with Gasteiger partial charge in [-0.2, -0.15) is 0 Å². The van der Waals surface area contributed by atoms with Crippen LogP contribution in [0, 0.1) is 0 Å². The van der Waals surface area contributed by atoms with Crippen LogP contribution < -0.4 is 5.73 Å². The molecule has 0 bridgehead atoms. The van der Waals surface area contributed by atoms with Crippen LogP contribution >= 0.6 is 36.2 Å². The molecule has 1 unspecified atom stereocenters. The summed E-state index contributed by atoms with van der Waals surface area (Å²) in [5.74, 6) is 0.434. The largest absolute Gasteiger partial charge is 0.341 e. The number of aromatic nitrogens is 1. The van der Waals surface area contributed by atoms with E-state index in [2.05, 4.69) is 18.2 Å². The number of thiazole rings is 1. The fourth-order valence-corrected chi connectivity index (χ4v) is 4.77. The molecule has 1 fully saturated rings. The first-order valence-corrected chi connectivity index (χ1v) is 9.86. The Kier molecular flexibility index (Phi) is 7.46. The lowest BCUT2D eigenvalue weighted by Crippen LogP contribution is -2.52. The lowest BCUT2D eigenvalue weighted by Gasteiger charge is -2.36. The summed E-state index contributed by atoms with van der Waals surface area (Å²) in [7, 11) is 0. The molecule has 1 atom stereocenters. The van der Waals surface area contributed by atoms with Crippen molar-refractivity contribution in [2.45, 2.75) is 31.2 Å². The van der Waals surface area contributed by atoms with Gasteiger partial charge in [-0.3, -0.25) is 4.79 Å². The number of likely N-dealkylation sites (tertiary alicyclic amines) is 1. The number of halogens is 2. The third-order valence-corrected chi connectivity index (χ3v) is 6.46. The van der Waals surface area contributed by atoms with Crippen LogP contribution in [0.2, 0.25) is 0 Å². The van der Waals surface area contributed by atoms with E-state index < -0.39 is 5.54 Å². The van der Waals surface area contributed by atoms with Crippen LogP contribution in [0.25, 0.3) is 10.2 Å². The Morgan fingerprint density at radius 1 is 1.07 bits per heavy atom. The number of piperidine rings is 1. The highest BCUT2D eigenvalue weighted by Gasteiger charge is 2.36. The van der Waals surface area contributed by atoms with E-state index >= 15 is 0 Å². The number of carbonyl (C=O) groups is 1. The van der Waals surface area contributed by atoms with Crippen molar-refractivity contribution in [2.24, 2.45) is 5.73 Å². The lowest BCUT2D eigenvalue weighted by atomic mass is 9.89. The first kappa shape index (κ1) is 22.6. The van der Waals surface area contributed by atoms with Gasteiger partial charge in [0.2, 0.25) is 5.91 Å². The van der Waals surface area contributed by atoms with Crippen LogP contribution in [0.3, 0.4) is 0 Å². The number of carbonyl (C=O) groups excluding carboxylic acids is 1. The Morgan fingerprint density at radius 2 is 1.68 bits per heavy atom. The van der Waals surface area contributed by atoms with Gasteiger partial charge in [0, 0.05) is 19.0 Å². The Labute approximate surface area is 182 Å². The first-order chi connectivity index (χ1) is 12.6. The lowest BCUT2D eigenvalue weighted by molar-refractivity contribution is -0.137. The van der Waals surface area contributed by atoms with Crippen molar-refractivity contribution in [3.63, 3.8) is 0 Å². The summed E-state index contributed by atoms with van der Waals surface area (Å²) in [6, 6.07) is 17.9. The van der Waals surface area contributed by atoms with Crippen molar-refractivity contribution in [3.05, 3.63) is 65.2 Å². The number of fused-ring (bicyclic) bond motifs is 1. The van der Waals surface area contributed by atoms with E-state index in [0.29, 0.717) is 5.92 Å². The summed E-state index contributed by atoms with van der Waals surface area (Å²) in [6.45, 7) is 3.28. The van der Waals surface area contributed by atoms with Crippen molar-refractivity contribution in [1.29, 1.82) is 0 Å². The number of benzene rings is 2. The predicted octanol–water partition coefficient (Wildman–Crippen LogP) is 4.72. The topological polar surface area (TPSA) is 59.2 Å². The van der Waals surface area contributed by atoms with Crippen LogP contribution in [0.15, 0.2) is 54.6 Å². The Morgan fingerprint density at radius 3 is 2.32 bits per heavy atom. The van der Waals surface area contributed by atoms with E-state index in [0.717, 1.165) is 37.0 Å². The number of nitrogens with two attached hydrogens (primary N) is 1. The molecular formula is C21H25Cl2N3OS. The maximum Gasteiger partial charge on any atom is 0.246 e. The van der Waals surface area contributed by atoms with Crippen LogP contribution in [0.1, 0.15) is 36.3 Å². The zero-order valence-corrected chi connectivity index (χ0v) is 18.2. The fraction of sp³-hybridized carbons (Fsp3) is 0.333. The molecule has 2 N–H and O–H groups in total. The minimum atomic E-state index is -0.982. The van der Waals surface area contributed by atoms with E-state index in [4.69, 9.17) is 10.7 Å². The van der Waals surface area contributed by atoms with Crippen LogP contribution in [0.4, 0.5) is 0 Å². The van der Waals surface area contributed by atoms with Crippen molar-refractivity contribution in [1.82, 2.24) is 9.88 Å². The molecule has 0 radical (unpaired) electrons. The van der Waals surface area contributed by atoms with E-state index in [1.807, 2.05) is 48.2 Å². The highest BCUT2D eigenvalue weighted by molar-refractivity contribution is 7.18. The molecule has 150 valence electrons.